The fourth-order valence-electron chi connectivity index (χ4n) is 6.47. The SMILES string of the molecule is O=C(CCCCCCCCCCNC(=O)[C@H](O)[C@@H](O)[C@H](O)[C@H](O)CO)Nc1ccccc1C(Nc1ccccn1)C(c1ccccn1)[C@H](O)c1ccccc1. The number of carbonyl (C=O) groups is 2. The second kappa shape index (κ2) is 23.2. The maximum absolute atomic E-state index is 13.3. The molecule has 4 rings (SSSR count). The number of rotatable bonds is 24. The Kier molecular flexibility index (Phi) is 18.1. The number of anilines is 2. The Morgan fingerprint density at radius 3 is 1.93 bits per heavy atom. The molecule has 0 aliphatic carbocycles. The van der Waals surface area contributed by atoms with Gasteiger partial charge in [-0.25, -0.2) is 4.98 Å². The van der Waals surface area contributed by atoms with E-state index in [4.69, 9.17) is 5.11 Å². The van der Waals surface area contributed by atoms with Gasteiger partial charge in [-0.3, -0.25) is 14.6 Å². The first kappa shape index (κ1) is 43.0. The highest BCUT2D eigenvalue weighted by Crippen LogP contribution is 2.43. The number of nitrogens with one attached hydrogen (secondary N) is 3. The van der Waals surface area contributed by atoms with Crippen LogP contribution in [0.15, 0.2) is 103 Å². The molecule has 4 aromatic rings. The van der Waals surface area contributed by atoms with E-state index in [9.17, 15) is 35.1 Å². The smallest absolute Gasteiger partial charge is 0.251 e. The molecule has 2 amide bonds. The van der Waals surface area contributed by atoms with Crippen LogP contribution in [-0.4, -0.2) is 90.0 Å². The van der Waals surface area contributed by atoms with E-state index in [1.807, 2.05) is 91.0 Å². The number of benzene rings is 2. The van der Waals surface area contributed by atoms with Crippen LogP contribution in [0.1, 0.15) is 92.7 Å². The molecule has 55 heavy (non-hydrogen) atoms. The molecule has 0 bridgehead atoms. The van der Waals surface area contributed by atoms with Gasteiger partial charge >= 0.3 is 0 Å². The topological polar surface area (TPSA) is 217 Å². The van der Waals surface area contributed by atoms with E-state index in [-0.39, 0.29) is 12.5 Å². The molecule has 7 atom stereocenters. The maximum atomic E-state index is 13.3. The number of hydrogen-bond donors (Lipinski definition) is 9. The molecule has 2 aromatic heterocycles. The Morgan fingerprint density at radius 1 is 0.655 bits per heavy atom. The number of pyridine rings is 2. The molecule has 2 aromatic carbocycles. The lowest BCUT2D eigenvalue weighted by molar-refractivity contribution is -0.148. The number of unbranched alkanes of at least 4 members (excludes halogenated alkanes) is 7. The number of hydrogen-bond acceptors (Lipinski definition) is 11. The van der Waals surface area contributed by atoms with Gasteiger partial charge in [-0.15, -0.1) is 0 Å². The van der Waals surface area contributed by atoms with Crippen molar-refractivity contribution in [3.8, 4) is 0 Å². The molecule has 0 fully saturated rings. The summed E-state index contributed by atoms with van der Waals surface area (Å²) in [6, 6.07) is 27.8. The minimum Gasteiger partial charge on any atom is -0.394 e. The van der Waals surface area contributed by atoms with Crippen molar-refractivity contribution in [2.45, 2.75) is 100 Å². The molecule has 9 N–H and O–H groups in total. The molecular formula is C42H55N5O8. The number of amides is 2. The number of para-hydroxylation sites is 1. The molecule has 0 aliphatic heterocycles. The number of nitrogens with zero attached hydrogens (tertiary/aromatic N) is 2. The highest BCUT2D eigenvalue weighted by molar-refractivity contribution is 5.91. The molecule has 0 spiro atoms. The Balaban J connectivity index is 1.26. The predicted octanol–water partition coefficient (Wildman–Crippen LogP) is 4.15. The zero-order chi connectivity index (χ0) is 39.4. The third kappa shape index (κ3) is 13.5. The maximum Gasteiger partial charge on any atom is 0.251 e. The van der Waals surface area contributed by atoms with Gasteiger partial charge in [0, 0.05) is 36.7 Å². The quantitative estimate of drug-likeness (QED) is 0.0463. The van der Waals surface area contributed by atoms with Gasteiger partial charge in [0.25, 0.3) is 5.91 Å². The van der Waals surface area contributed by atoms with Crippen LogP contribution in [0.3, 0.4) is 0 Å². The number of aromatic nitrogens is 2. The lowest BCUT2D eigenvalue weighted by atomic mass is 9.82. The Hall–Kier alpha value is -4.76. The first-order valence-electron chi connectivity index (χ1n) is 19.0. The van der Waals surface area contributed by atoms with Crippen molar-refractivity contribution in [1.82, 2.24) is 15.3 Å². The van der Waals surface area contributed by atoms with E-state index in [1.165, 1.54) is 0 Å². The van der Waals surface area contributed by atoms with Crippen molar-refractivity contribution >= 4 is 23.3 Å². The van der Waals surface area contributed by atoms with Crippen LogP contribution in [0.2, 0.25) is 0 Å². The summed E-state index contributed by atoms with van der Waals surface area (Å²) in [6.07, 6.45) is 2.55. The van der Waals surface area contributed by atoms with E-state index < -0.39 is 55.0 Å². The molecule has 0 saturated heterocycles. The van der Waals surface area contributed by atoms with Crippen LogP contribution >= 0.6 is 0 Å². The molecule has 0 radical (unpaired) electrons. The minimum absolute atomic E-state index is 0.0965. The van der Waals surface area contributed by atoms with Gasteiger partial charge in [0.2, 0.25) is 5.91 Å². The standard InChI is InChI=1S/C42H55N5O8/c48-28-33(49)39(52)40(53)41(54)42(55)45-27-15-6-4-2-1-3-5-10-24-35(50)46-31-21-12-11-20-30(31)37(47-34-23-14-17-26-44-34)36(32-22-13-16-25-43-32)38(51)29-18-8-7-9-19-29/h7-9,11-14,16-23,25-26,33,36-41,48-49,51-54H,1-6,10,15,24,27-28H2,(H,44,47)(H,45,55)(H,46,50)/t33-,36?,37?,38-,39-,40+,41-/m1/s1. The van der Waals surface area contributed by atoms with Crippen molar-refractivity contribution in [3.05, 3.63) is 120 Å². The second-order valence-corrected chi connectivity index (χ2v) is 13.7. The Labute approximate surface area is 322 Å². The van der Waals surface area contributed by atoms with Crippen LogP contribution in [-0.2, 0) is 9.59 Å². The van der Waals surface area contributed by atoms with E-state index in [0.717, 1.165) is 56.1 Å². The van der Waals surface area contributed by atoms with Gasteiger partial charge < -0.3 is 46.6 Å². The summed E-state index contributed by atoms with van der Waals surface area (Å²) >= 11 is 0. The average molecular weight is 758 g/mol. The summed E-state index contributed by atoms with van der Waals surface area (Å²) in [5.41, 5.74) is 2.86. The summed E-state index contributed by atoms with van der Waals surface area (Å²) in [5, 5.41) is 68.8. The van der Waals surface area contributed by atoms with Crippen LogP contribution in [0, 0.1) is 0 Å². The average Bonchev–Trinajstić information content (AvgIpc) is 3.22. The second-order valence-electron chi connectivity index (χ2n) is 13.7. The molecule has 296 valence electrons. The van der Waals surface area contributed by atoms with Crippen LogP contribution in [0.5, 0.6) is 0 Å². The van der Waals surface area contributed by atoms with Gasteiger partial charge in [-0.1, -0.05) is 99.2 Å². The summed E-state index contributed by atoms with van der Waals surface area (Å²) in [7, 11) is 0. The fourth-order valence-corrected chi connectivity index (χ4v) is 6.47. The molecular weight excluding hydrogens is 702 g/mol. The number of carbonyl (C=O) groups excluding carboxylic acids is 2. The highest BCUT2D eigenvalue weighted by atomic mass is 16.4. The van der Waals surface area contributed by atoms with Gasteiger partial charge in [-0.05, 0) is 54.3 Å². The van der Waals surface area contributed by atoms with Crippen molar-refractivity contribution < 1.29 is 40.2 Å². The lowest BCUT2D eigenvalue weighted by Gasteiger charge is -2.33. The van der Waals surface area contributed by atoms with Crippen molar-refractivity contribution in [3.63, 3.8) is 0 Å². The largest absolute Gasteiger partial charge is 0.394 e. The van der Waals surface area contributed by atoms with E-state index in [0.29, 0.717) is 30.0 Å². The molecule has 13 heteroatoms. The Bertz CT molecular complexity index is 1690. The van der Waals surface area contributed by atoms with Crippen molar-refractivity contribution in [2.75, 3.05) is 23.8 Å². The normalized spacial score (nSPS) is 15.2. The van der Waals surface area contributed by atoms with E-state index in [2.05, 4.69) is 25.9 Å². The zero-order valence-corrected chi connectivity index (χ0v) is 31.0. The zero-order valence-electron chi connectivity index (χ0n) is 31.0. The van der Waals surface area contributed by atoms with Crippen LogP contribution in [0.25, 0.3) is 0 Å². The van der Waals surface area contributed by atoms with Gasteiger partial charge in [0.05, 0.1) is 24.7 Å². The minimum atomic E-state index is -1.93. The highest BCUT2D eigenvalue weighted by Gasteiger charge is 2.36. The summed E-state index contributed by atoms with van der Waals surface area (Å²) in [6.45, 7) is -0.529. The van der Waals surface area contributed by atoms with Crippen molar-refractivity contribution in [2.24, 2.45) is 0 Å². The monoisotopic (exact) mass is 757 g/mol. The van der Waals surface area contributed by atoms with E-state index >= 15 is 0 Å². The number of aliphatic hydroxyl groups excluding tert-OH is 6. The molecule has 2 unspecified atom stereocenters. The van der Waals surface area contributed by atoms with Crippen LogP contribution < -0.4 is 16.0 Å². The van der Waals surface area contributed by atoms with Gasteiger partial charge in [0.15, 0.2) is 6.10 Å². The fraction of sp³-hybridized carbons (Fsp3) is 0.429. The van der Waals surface area contributed by atoms with E-state index in [1.54, 1.807) is 12.4 Å². The van der Waals surface area contributed by atoms with Crippen LogP contribution in [0.4, 0.5) is 11.5 Å². The first-order valence-corrected chi connectivity index (χ1v) is 19.0. The lowest BCUT2D eigenvalue weighted by Crippen LogP contribution is -2.51. The summed E-state index contributed by atoms with van der Waals surface area (Å²) in [4.78, 5) is 34.5. The summed E-state index contributed by atoms with van der Waals surface area (Å²) < 4.78 is 0. The predicted molar refractivity (Wildman–Crippen MR) is 210 cm³/mol. The van der Waals surface area contributed by atoms with Crippen molar-refractivity contribution in [1.29, 1.82) is 0 Å². The third-order valence-corrected chi connectivity index (χ3v) is 9.56. The Morgan fingerprint density at radius 2 is 1.27 bits per heavy atom. The summed E-state index contributed by atoms with van der Waals surface area (Å²) in [5.74, 6) is -0.892. The molecule has 0 aliphatic rings. The third-order valence-electron chi connectivity index (χ3n) is 9.56. The molecule has 0 saturated carbocycles. The first-order chi connectivity index (χ1) is 26.7. The molecule has 2 heterocycles. The number of aliphatic hydroxyl groups is 6. The molecule has 13 nitrogen and oxygen atoms in total. The van der Waals surface area contributed by atoms with Gasteiger partial charge in [0.1, 0.15) is 24.1 Å². The van der Waals surface area contributed by atoms with Gasteiger partial charge in [-0.2, -0.15) is 0 Å².